The topological polar surface area (TPSA) is 185 Å². The second-order valence-corrected chi connectivity index (χ2v) is 9.85. The van der Waals surface area contributed by atoms with Crippen LogP contribution in [0.1, 0.15) is 36.3 Å². The number of nitrogens with zero attached hydrogens (tertiary/aromatic N) is 3. The average Bonchev–Trinajstić information content (AvgIpc) is 3.59. The fourth-order valence-electron chi connectivity index (χ4n) is 4.32. The summed E-state index contributed by atoms with van der Waals surface area (Å²) in [6, 6.07) is 10.00. The first-order valence-corrected chi connectivity index (χ1v) is 13.1. The molecule has 0 bridgehead atoms. The Morgan fingerprint density at radius 3 is 2.40 bits per heavy atom. The number of hydrogen-bond acceptors (Lipinski definition) is 9. The minimum Gasteiger partial charge on any atom is -0.497 e. The van der Waals surface area contributed by atoms with Gasteiger partial charge in [-0.3, -0.25) is 14.5 Å². The number of aliphatic hydroxyl groups is 1. The molecule has 4 rings (SSSR count). The van der Waals surface area contributed by atoms with E-state index in [1.54, 1.807) is 7.11 Å². The Labute approximate surface area is 242 Å². The molecular weight excluding hydrogens is 550 g/mol. The number of carboxylic acids is 3. The van der Waals surface area contributed by atoms with Crippen LogP contribution in [0.2, 0.25) is 0 Å². The van der Waals surface area contributed by atoms with E-state index in [9.17, 15) is 14.4 Å². The van der Waals surface area contributed by atoms with Crippen LogP contribution in [0.25, 0.3) is 6.08 Å². The van der Waals surface area contributed by atoms with E-state index in [-0.39, 0.29) is 0 Å². The Morgan fingerprint density at radius 1 is 1.10 bits per heavy atom. The van der Waals surface area contributed by atoms with Gasteiger partial charge in [0.05, 0.1) is 32.8 Å². The second kappa shape index (κ2) is 14.8. The number of carbonyl (C=O) groups is 3. The molecule has 0 aliphatic carbocycles. The van der Waals surface area contributed by atoms with Crippen LogP contribution >= 0.6 is 0 Å². The first-order chi connectivity index (χ1) is 20.0. The van der Waals surface area contributed by atoms with Crippen molar-refractivity contribution >= 4 is 24.0 Å². The number of aliphatic carboxylic acids is 3. The normalized spacial score (nSPS) is 12.4. The highest BCUT2D eigenvalue weighted by atomic mass is 16.5. The van der Waals surface area contributed by atoms with Gasteiger partial charge in [-0.25, -0.2) is 9.78 Å². The number of imidazole rings is 1. The maximum absolute atomic E-state index is 10.3. The number of carboxylic acid groups (broad SMARTS) is 3. The van der Waals surface area contributed by atoms with E-state index in [0.29, 0.717) is 6.61 Å². The molecule has 13 heteroatoms. The van der Waals surface area contributed by atoms with Crippen molar-refractivity contribution in [3.63, 3.8) is 0 Å². The van der Waals surface area contributed by atoms with E-state index in [1.165, 1.54) is 5.57 Å². The molecule has 1 aliphatic rings. The van der Waals surface area contributed by atoms with Crippen molar-refractivity contribution in [2.45, 2.75) is 44.9 Å². The first kappa shape index (κ1) is 31.9. The molecule has 0 fully saturated rings. The molecule has 0 spiro atoms. The van der Waals surface area contributed by atoms with Crippen molar-refractivity contribution in [1.82, 2.24) is 14.5 Å². The summed E-state index contributed by atoms with van der Waals surface area (Å²) in [6.45, 7) is 6.10. The number of benzene rings is 1. The van der Waals surface area contributed by atoms with Crippen LogP contribution < -0.4 is 9.47 Å². The molecule has 3 heterocycles. The van der Waals surface area contributed by atoms with Gasteiger partial charge in [-0.1, -0.05) is 0 Å². The lowest BCUT2D eigenvalue weighted by molar-refractivity contribution is -0.170. The van der Waals surface area contributed by atoms with Crippen LogP contribution in [0.4, 0.5) is 0 Å². The summed E-state index contributed by atoms with van der Waals surface area (Å²) in [6.07, 6.45) is 6.65. The standard InChI is InChI=1S/C23H27N3O3.C6H8O7/c1-18-4-5-22(29-18)15-26(10-3-9-25-11-8-24-17-25)14-19-12-20-13-21(27-2)6-7-23(20)28-16-19;7-3(8)1-6(13,5(11)12)2-4(9)10/h4-8,11-13,17H,3,9-10,14-16H2,1-2H3;13H,1-2H2,(H,7,8)(H,9,10)(H,11,12). The quantitative estimate of drug-likeness (QED) is 0.217. The number of rotatable bonds is 14. The summed E-state index contributed by atoms with van der Waals surface area (Å²) in [7, 11) is 1.68. The summed E-state index contributed by atoms with van der Waals surface area (Å²) in [5, 5.41) is 33.8. The monoisotopic (exact) mass is 585 g/mol. The number of aryl methyl sites for hydroxylation is 2. The largest absolute Gasteiger partial charge is 0.497 e. The van der Waals surface area contributed by atoms with Gasteiger partial charge in [0, 0.05) is 37.6 Å². The molecule has 2 aromatic heterocycles. The first-order valence-electron chi connectivity index (χ1n) is 13.1. The molecule has 42 heavy (non-hydrogen) atoms. The maximum Gasteiger partial charge on any atom is 0.336 e. The lowest BCUT2D eigenvalue weighted by Gasteiger charge is -2.25. The van der Waals surface area contributed by atoms with Crippen LogP contribution in [0.15, 0.2) is 59.0 Å². The van der Waals surface area contributed by atoms with Crippen molar-refractivity contribution < 1.29 is 48.7 Å². The van der Waals surface area contributed by atoms with E-state index in [0.717, 1.165) is 61.2 Å². The third kappa shape index (κ3) is 9.78. The molecule has 3 aromatic rings. The van der Waals surface area contributed by atoms with Gasteiger partial charge in [0.2, 0.25) is 0 Å². The fourth-order valence-corrected chi connectivity index (χ4v) is 4.32. The van der Waals surface area contributed by atoms with Gasteiger partial charge in [0.1, 0.15) is 29.6 Å². The van der Waals surface area contributed by atoms with E-state index >= 15 is 0 Å². The molecule has 0 amide bonds. The molecule has 0 radical (unpaired) electrons. The minimum absolute atomic E-state index is 0.606. The molecule has 4 N–H and O–H groups in total. The summed E-state index contributed by atoms with van der Waals surface area (Å²) >= 11 is 0. The number of aromatic nitrogens is 2. The van der Waals surface area contributed by atoms with Crippen LogP contribution in [-0.2, 0) is 27.5 Å². The molecule has 0 saturated carbocycles. The Balaban J connectivity index is 0.000000316. The van der Waals surface area contributed by atoms with Gasteiger partial charge >= 0.3 is 17.9 Å². The third-order valence-corrected chi connectivity index (χ3v) is 6.33. The second-order valence-electron chi connectivity index (χ2n) is 9.85. The molecule has 0 unspecified atom stereocenters. The van der Waals surface area contributed by atoms with Crippen molar-refractivity contribution in [3.8, 4) is 11.5 Å². The zero-order chi connectivity index (χ0) is 30.7. The fraction of sp³-hybridized carbons (Fsp3) is 0.379. The van der Waals surface area contributed by atoms with Gasteiger partial charge in [0.15, 0.2) is 5.60 Å². The van der Waals surface area contributed by atoms with Crippen molar-refractivity contribution in [2.75, 3.05) is 26.8 Å². The summed E-state index contributed by atoms with van der Waals surface area (Å²) in [5.74, 6) is -1.34. The summed E-state index contributed by atoms with van der Waals surface area (Å²) in [4.78, 5) is 37.0. The number of methoxy groups -OCH3 is 1. The molecule has 1 aliphatic heterocycles. The zero-order valence-corrected chi connectivity index (χ0v) is 23.4. The minimum atomic E-state index is -2.74. The highest BCUT2D eigenvalue weighted by Gasteiger charge is 2.40. The van der Waals surface area contributed by atoms with Crippen LogP contribution in [0, 0.1) is 6.92 Å². The number of furan rings is 1. The van der Waals surface area contributed by atoms with E-state index in [4.69, 9.17) is 34.3 Å². The highest BCUT2D eigenvalue weighted by Crippen LogP contribution is 2.30. The van der Waals surface area contributed by atoms with Gasteiger partial charge in [-0.15, -0.1) is 0 Å². The lowest BCUT2D eigenvalue weighted by Crippen LogP contribution is -2.42. The predicted octanol–water partition coefficient (Wildman–Crippen LogP) is 2.91. The molecule has 0 saturated heterocycles. The van der Waals surface area contributed by atoms with Gasteiger partial charge in [-0.05, 0) is 55.3 Å². The van der Waals surface area contributed by atoms with E-state index in [1.807, 2.05) is 49.9 Å². The summed E-state index contributed by atoms with van der Waals surface area (Å²) in [5.41, 5.74) is -0.424. The smallest absolute Gasteiger partial charge is 0.336 e. The maximum atomic E-state index is 10.3. The zero-order valence-electron chi connectivity index (χ0n) is 23.4. The van der Waals surface area contributed by atoms with Gasteiger partial charge < -0.3 is 38.9 Å². The van der Waals surface area contributed by atoms with Crippen molar-refractivity contribution in [3.05, 3.63) is 71.7 Å². The Morgan fingerprint density at radius 2 is 1.83 bits per heavy atom. The Hall–Kier alpha value is -4.62. The number of ether oxygens (including phenoxy) is 2. The Bertz CT molecular complexity index is 1360. The highest BCUT2D eigenvalue weighted by molar-refractivity contribution is 5.88. The van der Waals surface area contributed by atoms with Gasteiger partial charge in [0.25, 0.3) is 0 Å². The van der Waals surface area contributed by atoms with Crippen LogP contribution in [-0.4, -0.2) is 85.2 Å². The summed E-state index contributed by atoms with van der Waals surface area (Å²) < 4.78 is 19.2. The molecule has 0 atom stereocenters. The molecule has 1 aromatic carbocycles. The Kier molecular flexibility index (Phi) is 11.3. The van der Waals surface area contributed by atoms with Crippen molar-refractivity contribution in [1.29, 1.82) is 0 Å². The molecule has 13 nitrogen and oxygen atoms in total. The SMILES string of the molecule is COc1ccc2c(c1)C=C(CN(CCCn1ccnc1)Cc1ccc(C)o1)CO2.O=C(O)CC(O)(CC(=O)O)C(=O)O. The van der Waals surface area contributed by atoms with Crippen LogP contribution in [0.5, 0.6) is 11.5 Å². The van der Waals surface area contributed by atoms with E-state index < -0.39 is 36.4 Å². The van der Waals surface area contributed by atoms with E-state index in [2.05, 4.69) is 26.6 Å². The third-order valence-electron chi connectivity index (χ3n) is 6.33. The molecular formula is C29H35N3O10. The lowest BCUT2D eigenvalue weighted by atomic mass is 9.96. The van der Waals surface area contributed by atoms with Crippen LogP contribution in [0.3, 0.4) is 0 Å². The van der Waals surface area contributed by atoms with Gasteiger partial charge in [-0.2, -0.15) is 0 Å². The molecule has 226 valence electrons. The van der Waals surface area contributed by atoms with Crippen molar-refractivity contribution in [2.24, 2.45) is 0 Å². The number of fused-ring (bicyclic) bond motifs is 1. The average molecular weight is 586 g/mol. The predicted molar refractivity (Wildman–Crippen MR) is 149 cm³/mol. The number of hydrogen-bond donors (Lipinski definition) is 4.